The third-order valence-corrected chi connectivity index (χ3v) is 6.09. The first-order chi connectivity index (χ1) is 13.5. The second-order valence-corrected chi connectivity index (χ2v) is 8.32. The van der Waals surface area contributed by atoms with Crippen LogP contribution in [0.2, 0.25) is 0 Å². The topological polar surface area (TPSA) is 64.9 Å². The standard InChI is InChI=1S/C23H27N3O2/c1-15(2)17-6-3-16(4-7-17)5-8-22-24-13-19-14-26(10-9-21(19)25-22)20-11-18(12-20)23(27)28/h3-4,6-7,13,15,18,20-21H,9-12,14H2,1-2H3,(H,24,25)(H,27,28). The summed E-state index contributed by atoms with van der Waals surface area (Å²) < 4.78 is 0. The molecule has 5 heteroatoms. The van der Waals surface area contributed by atoms with E-state index in [1.165, 1.54) is 11.1 Å². The van der Waals surface area contributed by atoms with E-state index in [9.17, 15) is 4.79 Å². The predicted molar refractivity (Wildman–Crippen MR) is 110 cm³/mol. The molecule has 2 N–H and O–H groups in total. The number of rotatable bonds is 3. The minimum Gasteiger partial charge on any atom is -0.481 e. The van der Waals surface area contributed by atoms with Crippen LogP contribution < -0.4 is 5.32 Å². The predicted octanol–water partition coefficient (Wildman–Crippen LogP) is 2.98. The molecule has 1 unspecified atom stereocenters. The number of benzene rings is 1. The third-order valence-electron chi connectivity index (χ3n) is 6.09. The summed E-state index contributed by atoms with van der Waals surface area (Å²) in [5, 5.41) is 12.5. The van der Waals surface area contributed by atoms with Crippen LogP contribution in [0, 0.1) is 17.8 Å². The Morgan fingerprint density at radius 2 is 2.00 bits per heavy atom. The fourth-order valence-electron chi connectivity index (χ4n) is 4.10. The quantitative estimate of drug-likeness (QED) is 0.795. The molecule has 0 radical (unpaired) electrons. The van der Waals surface area contributed by atoms with Crippen molar-refractivity contribution >= 4 is 11.8 Å². The SMILES string of the molecule is CC(C)c1ccc(C#CC2=NC=C3CN(C4CC(C(=O)O)C4)CCC3N2)cc1. The van der Waals surface area contributed by atoms with Gasteiger partial charge in [0.1, 0.15) is 0 Å². The number of aliphatic imine (C=N–C) groups is 1. The number of carbonyl (C=O) groups is 1. The number of nitrogens with one attached hydrogen (secondary N) is 1. The van der Waals surface area contributed by atoms with Crippen LogP contribution in [-0.4, -0.2) is 47.0 Å². The van der Waals surface area contributed by atoms with Gasteiger partial charge < -0.3 is 10.4 Å². The normalized spacial score (nSPS) is 26.8. The molecular weight excluding hydrogens is 350 g/mol. The number of carboxylic acids is 1. The Bertz CT molecular complexity index is 867. The molecule has 146 valence electrons. The maximum absolute atomic E-state index is 11.0. The molecule has 0 amide bonds. The molecule has 1 aliphatic carbocycles. The minimum atomic E-state index is -0.656. The lowest BCUT2D eigenvalue weighted by molar-refractivity contribution is -0.147. The van der Waals surface area contributed by atoms with Gasteiger partial charge in [0.2, 0.25) is 0 Å². The van der Waals surface area contributed by atoms with Crippen LogP contribution >= 0.6 is 0 Å². The summed E-state index contributed by atoms with van der Waals surface area (Å²) in [7, 11) is 0. The molecule has 1 saturated heterocycles. The molecule has 2 aliphatic heterocycles. The van der Waals surface area contributed by atoms with E-state index in [1.54, 1.807) is 0 Å². The zero-order valence-corrected chi connectivity index (χ0v) is 16.5. The summed E-state index contributed by atoms with van der Waals surface area (Å²) in [6.07, 6.45) is 4.50. The number of nitrogens with zero attached hydrogens (tertiary/aromatic N) is 2. The van der Waals surface area contributed by atoms with Crippen LogP contribution in [-0.2, 0) is 4.79 Å². The van der Waals surface area contributed by atoms with Crippen molar-refractivity contribution in [1.82, 2.24) is 10.2 Å². The zero-order valence-electron chi connectivity index (χ0n) is 16.5. The van der Waals surface area contributed by atoms with Crippen LogP contribution in [0.3, 0.4) is 0 Å². The lowest BCUT2D eigenvalue weighted by atomic mass is 9.78. The van der Waals surface area contributed by atoms with E-state index in [1.807, 2.05) is 6.20 Å². The molecule has 3 aliphatic rings. The molecule has 0 bridgehead atoms. The van der Waals surface area contributed by atoms with Gasteiger partial charge in [-0.05, 0) is 54.4 Å². The van der Waals surface area contributed by atoms with Crippen LogP contribution in [0.1, 0.15) is 50.2 Å². The van der Waals surface area contributed by atoms with Crippen molar-refractivity contribution in [1.29, 1.82) is 0 Å². The third kappa shape index (κ3) is 3.98. The van der Waals surface area contributed by atoms with Gasteiger partial charge in [-0.1, -0.05) is 31.9 Å². The summed E-state index contributed by atoms with van der Waals surface area (Å²) in [6.45, 7) is 6.23. The molecule has 1 saturated carbocycles. The smallest absolute Gasteiger partial charge is 0.306 e. The lowest BCUT2D eigenvalue weighted by Gasteiger charge is -2.45. The van der Waals surface area contributed by atoms with Gasteiger partial charge in [-0.2, -0.15) is 0 Å². The lowest BCUT2D eigenvalue weighted by Crippen LogP contribution is -2.54. The Labute approximate surface area is 166 Å². The summed E-state index contributed by atoms with van der Waals surface area (Å²) >= 11 is 0. The Hall–Kier alpha value is -2.58. The number of fused-ring (bicyclic) bond motifs is 1. The highest BCUT2D eigenvalue weighted by molar-refractivity contribution is 6.00. The minimum absolute atomic E-state index is 0.157. The summed E-state index contributed by atoms with van der Waals surface area (Å²) in [4.78, 5) is 17.9. The number of hydrogen-bond donors (Lipinski definition) is 2. The number of hydrogen-bond acceptors (Lipinski definition) is 4. The number of likely N-dealkylation sites (tertiary alicyclic amines) is 1. The number of aliphatic carboxylic acids is 1. The molecule has 0 spiro atoms. The molecule has 4 rings (SSSR count). The van der Waals surface area contributed by atoms with Crippen molar-refractivity contribution in [2.45, 2.75) is 51.1 Å². The Morgan fingerprint density at radius 1 is 1.25 bits per heavy atom. The molecule has 1 atom stereocenters. The van der Waals surface area contributed by atoms with Crippen molar-refractivity contribution in [2.24, 2.45) is 10.9 Å². The molecule has 0 aromatic heterocycles. The van der Waals surface area contributed by atoms with Crippen molar-refractivity contribution in [3.05, 3.63) is 47.2 Å². The van der Waals surface area contributed by atoms with E-state index in [2.05, 4.69) is 65.2 Å². The van der Waals surface area contributed by atoms with Gasteiger partial charge in [-0.3, -0.25) is 9.69 Å². The first-order valence-corrected chi connectivity index (χ1v) is 10.1. The molecule has 5 nitrogen and oxygen atoms in total. The molecule has 28 heavy (non-hydrogen) atoms. The molecule has 2 heterocycles. The monoisotopic (exact) mass is 377 g/mol. The summed E-state index contributed by atoms with van der Waals surface area (Å²) in [6, 6.07) is 9.09. The van der Waals surface area contributed by atoms with E-state index >= 15 is 0 Å². The van der Waals surface area contributed by atoms with Crippen LogP contribution in [0.15, 0.2) is 41.0 Å². The van der Waals surface area contributed by atoms with Gasteiger partial charge in [-0.25, -0.2) is 4.99 Å². The van der Waals surface area contributed by atoms with Gasteiger partial charge in [-0.15, -0.1) is 0 Å². The van der Waals surface area contributed by atoms with E-state index in [-0.39, 0.29) is 12.0 Å². The maximum Gasteiger partial charge on any atom is 0.306 e. The number of piperidine rings is 1. The Kier molecular flexibility index (Phi) is 5.23. The fraction of sp³-hybridized carbons (Fsp3) is 0.478. The Balaban J connectivity index is 1.37. The highest BCUT2D eigenvalue weighted by atomic mass is 16.4. The molecular formula is C23H27N3O2. The van der Waals surface area contributed by atoms with Gasteiger partial charge >= 0.3 is 5.97 Å². The van der Waals surface area contributed by atoms with E-state index < -0.39 is 5.97 Å². The van der Waals surface area contributed by atoms with Crippen molar-refractivity contribution in [3.8, 4) is 11.8 Å². The summed E-state index contributed by atoms with van der Waals surface area (Å²) in [5.41, 5.74) is 3.59. The first-order valence-electron chi connectivity index (χ1n) is 10.1. The van der Waals surface area contributed by atoms with Gasteiger partial charge in [0, 0.05) is 30.9 Å². The number of carboxylic acid groups (broad SMARTS) is 1. The highest BCUT2D eigenvalue weighted by Crippen LogP contribution is 2.34. The van der Waals surface area contributed by atoms with Crippen LogP contribution in [0.5, 0.6) is 0 Å². The van der Waals surface area contributed by atoms with Gasteiger partial charge in [0.25, 0.3) is 0 Å². The summed E-state index contributed by atoms with van der Waals surface area (Å²) in [5.74, 6) is 6.80. The Morgan fingerprint density at radius 3 is 2.68 bits per heavy atom. The average molecular weight is 377 g/mol. The second kappa shape index (κ2) is 7.81. The van der Waals surface area contributed by atoms with Crippen molar-refractivity contribution < 1.29 is 9.90 Å². The van der Waals surface area contributed by atoms with E-state index in [0.717, 1.165) is 43.8 Å². The highest BCUT2D eigenvalue weighted by Gasteiger charge is 2.40. The maximum atomic E-state index is 11.0. The largest absolute Gasteiger partial charge is 0.481 e. The molecule has 1 aromatic carbocycles. The van der Waals surface area contributed by atoms with Crippen molar-refractivity contribution in [3.63, 3.8) is 0 Å². The van der Waals surface area contributed by atoms with E-state index in [0.29, 0.717) is 12.0 Å². The second-order valence-electron chi connectivity index (χ2n) is 8.32. The zero-order chi connectivity index (χ0) is 19.7. The van der Waals surface area contributed by atoms with Crippen LogP contribution in [0.25, 0.3) is 0 Å². The van der Waals surface area contributed by atoms with E-state index in [4.69, 9.17) is 5.11 Å². The number of amidine groups is 1. The fourth-order valence-corrected chi connectivity index (χ4v) is 4.10. The van der Waals surface area contributed by atoms with Gasteiger partial charge in [0.15, 0.2) is 5.84 Å². The van der Waals surface area contributed by atoms with Crippen LogP contribution in [0.4, 0.5) is 0 Å². The van der Waals surface area contributed by atoms with Crippen molar-refractivity contribution in [2.75, 3.05) is 13.1 Å². The molecule has 2 fully saturated rings. The van der Waals surface area contributed by atoms with Gasteiger partial charge in [0.05, 0.1) is 12.0 Å². The first kappa shape index (κ1) is 18.8. The average Bonchev–Trinajstić information content (AvgIpc) is 2.65. The molecule has 1 aromatic rings.